The van der Waals surface area contributed by atoms with Crippen molar-refractivity contribution in [3.05, 3.63) is 46.3 Å². The van der Waals surface area contributed by atoms with E-state index < -0.39 is 5.82 Å². The van der Waals surface area contributed by atoms with Crippen molar-refractivity contribution in [1.82, 2.24) is 4.90 Å². The van der Waals surface area contributed by atoms with E-state index in [-0.39, 0.29) is 41.4 Å². The first-order chi connectivity index (χ1) is 14.7. The Labute approximate surface area is 182 Å². The molecule has 1 aliphatic carbocycles. The van der Waals surface area contributed by atoms with Crippen LogP contribution in [0.4, 0.5) is 4.39 Å². The molecule has 2 fully saturated rings. The van der Waals surface area contributed by atoms with Crippen molar-refractivity contribution in [3.8, 4) is 5.75 Å². The molecule has 0 saturated carbocycles. The van der Waals surface area contributed by atoms with Crippen LogP contribution >= 0.6 is 0 Å². The number of phenols is 1. The molecule has 5 nitrogen and oxygen atoms in total. The number of imide groups is 1. The SMILES string of the molecule is C/C(=C\c1ccc(O)c(F)c1)CC[C@H]1OC[C@H]2C1=C(C(C)C)C[C@H]1C(=O)N(C)C(=O)[C@H]12. The van der Waals surface area contributed by atoms with Gasteiger partial charge in [-0.25, -0.2) is 4.39 Å². The number of rotatable bonds is 5. The zero-order valence-electron chi connectivity index (χ0n) is 18.5. The molecule has 0 aromatic heterocycles. The average molecular weight is 428 g/mol. The third-order valence-electron chi connectivity index (χ3n) is 7.05. The molecular formula is C25H30FNO4. The van der Waals surface area contributed by atoms with Gasteiger partial charge in [0.15, 0.2) is 11.6 Å². The Morgan fingerprint density at radius 2 is 2.03 bits per heavy atom. The maximum atomic E-state index is 13.6. The Morgan fingerprint density at radius 3 is 2.71 bits per heavy atom. The fourth-order valence-corrected chi connectivity index (χ4v) is 5.44. The molecule has 2 saturated heterocycles. The van der Waals surface area contributed by atoms with Crippen LogP contribution in [0.1, 0.15) is 45.6 Å². The van der Waals surface area contributed by atoms with E-state index in [1.54, 1.807) is 13.1 Å². The molecule has 4 atom stereocenters. The summed E-state index contributed by atoms with van der Waals surface area (Å²) >= 11 is 0. The Balaban J connectivity index is 1.54. The molecule has 166 valence electrons. The van der Waals surface area contributed by atoms with Crippen molar-refractivity contribution in [2.75, 3.05) is 13.7 Å². The summed E-state index contributed by atoms with van der Waals surface area (Å²) in [6.07, 6.45) is 4.05. The van der Waals surface area contributed by atoms with Crippen LogP contribution in [-0.4, -0.2) is 41.6 Å². The predicted molar refractivity (Wildman–Crippen MR) is 115 cm³/mol. The van der Waals surface area contributed by atoms with Gasteiger partial charge in [-0.1, -0.05) is 37.1 Å². The maximum Gasteiger partial charge on any atom is 0.233 e. The normalized spacial score (nSPS) is 28.6. The molecule has 1 aromatic rings. The number of ether oxygens (including phenoxy) is 1. The second-order valence-corrected chi connectivity index (χ2v) is 9.38. The van der Waals surface area contributed by atoms with E-state index in [2.05, 4.69) is 13.8 Å². The highest BCUT2D eigenvalue weighted by atomic mass is 19.1. The van der Waals surface area contributed by atoms with Gasteiger partial charge in [-0.05, 0) is 55.4 Å². The molecule has 3 aliphatic rings. The highest BCUT2D eigenvalue weighted by Crippen LogP contribution is 2.51. The highest BCUT2D eigenvalue weighted by Gasteiger charge is 2.56. The quantitative estimate of drug-likeness (QED) is 0.562. The summed E-state index contributed by atoms with van der Waals surface area (Å²) in [5.41, 5.74) is 4.30. The lowest BCUT2D eigenvalue weighted by Crippen LogP contribution is -2.34. The number of benzene rings is 1. The van der Waals surface area contributed by atoms with Crippen LogP contribution in [0.5, 0.6) is 5.75 Å². The lowest BCUT2D eigenvalue weighted by Gasteiger charge is -2.33. The number of nitrogens with zero attached hydrogens (tertiary/aromatic N) is 1. The van der Waals surface area contributed by atoms with Crippen LogP contribution in [0.2, 0.25) is 0 Å². The smallest absolute Gasteiger partial charge is 0.233 e. The molecule has 0 unspecified atom stereocenters. The standard InChI is InChI=1S/C25H30FNO4/c1-13(2)16-11-17-23(25(30)27(4)24(17)29)18-12-31-21(22(16)18)8-5-14(3)9-15-6-7-20(28)19(26)10-15/h6-7,9-10,13,17-18,21,23,28H,5,8,11-12H2,1-4H3/b14-9+/t17-,18+,21-,23-/m1/s1. The van der Waals surface area contributed by atoms with Crippen molar-refractivity contribution in [2.45, 2.75) is 46.1 Å². The number of halogens is 1. The van der Waals surface area contributed by atoms with Gasteiger partial charge in [0, 0.05) is 13.0 Å². The molecule has 1 aromatic carbocycles. The van der Waals surface area contributed by atoms with E-state index in [1.165, 1.54) is 28.2 Å². The first-order valence-corrected chi connectivity index (χ1v) is 11.0. The molecule has 6 heteroatoms. The van der Waals surface area contributed by atoms with E-state index in [1.807, 2.05) is 13.0 Å². The Kier molecular flexibility index (Phi) is 5.77. The molecule has 1 N–H and O–H groups in total. The second kappa shape index (κ2) is 8.23. The number of aromatic hydroxyl groups is 1. The lowest BCUT2D eigenvalue weighted by molar-refractivity contribution is -0.138. The van der Waals surface area contributed by atoms with Crippen molar-refractivity contribution >= 4 is 17.9 Å². The molecule has 2 amide bonds. The minimum Gasteiger partial charge on any atom is -0.505 e. The van der Waals surface area contributed by atoms with Crippen LogP contribution in [0.3, 0.4) is 0 Å². The molecule has 2 aliphatic heterocycles. The molecule has 4 rings (SSSR count). The van der Waals surface area contributed by atoms with Crippen molar-refractivity contribution in [2.24, 2.45) is 23.7 Å². The van der Waals surface area contributed by atoms with Crippen LogP contribution in [0, 0.1) is 29.5 Å². The van der Waals surface area contributed by atoms with Gasteiger partial charge in [-0.15, -0.1) is 0 Å². The number of phenolic OH excluding ortho intramolecular Hbond substituents is 1. The minimum absolute atomic E-state index is 0.0157. The highest BCUT2D eigenvalue weighted by molar-refractivity contribution is 6.05. The van der Waals surface area contributed by atoms with Crippen LogP contribution in [-0.2, 0) is 14.3 Å². The van der Waals surface area contributed by atoms with Gasteiger partial charge in [0.2, 0.25) is 11.8 Å². The van der Waals surface area contributed by atoms with E-state index in [9.17, 15) is 19.1 Å². The summed E-state index contributed by atoms with van der Waals surface area (Å²) in [4.78, 5) is 26.7. The Bertz CT molecular complexity index is 980. The number of hydrogen-bond acceptors (Lipinski definition) is 4. The first-order valence-electron chi connectivity index (χ1n) is 11.0. The van der Waals surface area contributed by atoms with Crippen molar-refractivity contribution in [3.63, 3.8) is 0 Å². The molecule has 31 heavy (non-hydrogen) atoms. The zero-order chi connectivity index (χ0) is 22.4. The fourth-order valence-electron chi connectivity index (χ4n) is 5.44. The van der Waals surface area contributed by atoms with Gasteiger partial charge in [0.05, 0.1) is 24.5 Å². The molecule has 0 bridgehead atoms. The van der Waals surface area contributed by atoms with Gasteiger partial charge >= 0.3 is 0 Å². The maximum absolute atomic E-state index is 13.6. The summed E-state index contributed by atoms with van der Waals surface area (Å²) in [6, 6.07) is 4.36. The monoisotopic (exact) mass is 427 g/mol. The number of amides is 2. The van der Waals surface area contributed by atoms with Gasteiger partial charge in [0.25, 0.3) is 0 Å². The van der Waals surface area contributed by atoms with Crippen LogP contribution < -0.4 is 0 Å². The molecule has 2 heterocycles. The topological polar surface area (TPSA) is 66.8 Å². The van der Waals surface area contributed by atoms with E-state index in [4.69, 9.17) is 4.74 Å². The van der Waals surface area contributed by atoms with Gasteiger partial charge < -0.3 is 9.84 Å². The number of carbonyl (C=O) groups is 2. The summed E-state index contributed by atoms with van der Waals surface area (Å²) in [6.45, 7) is 6.77. The first kappa shape index (κ1) is 21.8. The van der Waals surface area contributed by atoms with Crippen LogP contribution in [0.25, 0.3) is 6.08 Å². The number of hydrogen-bond donors (Lipinski definition) is 1. The average Bonchev–Trinajstić information content (AvgIpc) is 3.24. The summed E-state index contributed by atoms with van der Waals surface area (Å²) in [5, 5.41) is 9.36. The third kappa shape index (κ3) is 3.82. The Hall–Kier alpha value is -2.47. The largest absolute Gasteiger partial charge is 0.505 e. The van der Waals surface area contributed by atoms with Crippen LogP contribution in [0.15, 0.2) is 34.9 Å². The summed E-state index contributed by atoms with van der Waals surface area (Å²) < 4.78 is 19.8. The molecular weight excluding hydrogens is 397 g/mol. The fraction of sp³-hybridized carbons (Fsp3) is 0.520. The third-order valence-corrected chi connectivity index (χ3v) is 7.05. The number of carbonyl (C=O) groups excluding carboxylic acids is 2. The zero-order valence-corrected chi connectivity index (χ0v) is 18.5. The van der Waals surface area contributed by atoms with Crippen molar-refractivity contribution < 1.29 is 23.8 Å². The van der Waals surface area contributed by atoms with Gasteiger partial charge in [0.1, 0.15) is 0 Å². The number of likely N-dealkylation sites (tertiary alicyclic amines) is 1. The predicted octanol–water partition coefficient (Wildman–Crippen LogP) is 4.32. The van der Waals surface area contributed by atoms with Crippen molar-refractivity contribution in [1.29, 1.82) is 0 Å². The minimum atomic E-state index is -0.632. The van der Waals surface area contributed by atoms with Gasteiger partial charge in [-0.2, -0.15) is 0 Å². The number of allylic oxidation sites excluding steroid dienone is 2. The molecule has 0 radical (unpaired) electrons. The van der Waals surface area contributed by atoms with E-state index >= 15 is 0 Å². The van der Waals surface area contributed by atoms with E-state index in [0.29, 0.717) is 24.5 Å². The summed E-state index contributed by atoms with van der Waals surface area (Å²) in [7, 11) is 1.59. The summed E-state index contributed by atoms with van der Waals surface area (Å²) in [5.74, 6) is -1.38. The Morgan fingerprint density at radius 1 is 1.29 bits per heavy atom. The second-order valence-electron chi connectivity index (χ2n) is 9.38. The lowest BCUT2D eigenvalue weighted by atomic mass is 9.67. The van der Waals surface area contributed by atoms with Gasteiger partial charge in [-0.3, -0.25) is 14.5 Å². The molecule has 0 spiro atoms. The number of fused-ring (bicyclic) bond motifs is 3. The van der Waals surface area contributed by atoms with E-state index in [0.717, 1.165) is 18.4 Å².